The van der Waals surface area contributed by atoms with Crippen LogP contribution in [0.5, 0.6) is 0 Å². The third kappa shape index (κ3) is 5.80. The van der Waals surface area contributed by atoms with Gasteiger partial charge in [-0.15, -0.1) is 0 Å². The van der Waals surface area contributed by atoms with Crippen LogP contribution in [0.25, 0.3) is 0 Å². The van der Waals surface area contributed by atoms with Gasteiger partial charge in [-0.25, -0.2) is 0 Å². The molecule has 44 heavy (non-hydrogen) atoms. The van der Waals surface area contributed by atoms with Gasteiger partial charge in [-0.3, -0.25) is 19.2 Å². The summed E-state index contributed by atoms with van der Waals surface area (Å²) in [6, 6.07) is 7.19. The zero-order chi connectivity index (χ0) is 31.4. The van der Waals surface area contributed by atoms with Crippen LogP contribution in [0.2, 0.25) is 0 Å². The monoisotopic (exact) mass is 609 g/mol. The minimum Gasteiger partial charge on any atom is -0.455 e. The van der Waals surface area contributed by atoms with E-state index in [1.165, 1.54) is 12.0 Å². The predicted molar refractivity (Wildman–Crippen MR) is 160 cm³/mol. The maximum Gasteiger partial charge on any atom is 0.313 e. The van der Waals surface area contributed by atoms with Crippen LogP contribution >= 0.6 is 0 Å². The number of benzene rings is 1. The van der Waals surface area contributed by atoms with E-state index in [2.05, 4.69) is 5.32 Å². The Bertz CT molecular complexity index is 1280. The van der Waals surface area contributed by atoms with Crippen LogP contribution in [0.3, 0.4) is 0 Å². The molecule has 0 radical (unpaired) electrons. The number of cyclic esters (lactones) is 1. The highest BCUT2D eigenvalue weighted by molar-refractivity contribution is 5.99. The fourth-order valence-electron chi connectivity index (χ4n) is 7.20. The number of hydrogen-bond acceptors (Lipinski definition) is 8. The normalized spacial score (nSPS) is 33.7. The van der Waals surface area contributed by atoms with E-state index in [9.17, 15) is 24.3 Å². The minimum atomic E-state index is -1.37. The Balaban J connectivity index is 1.59. The van der Waals surface area contributed by atoms with Crippen LogP contribution in [0.4, 0.5) is 0 Å². The number of nitrogens with zero attached hydrogens (tertiary/aromatic N) is 2. The van der Waals surface area contributed by atoms with E-state index in [0.29, 0.717) is 12.0 Å². The third-order valence-corrected chi connectivity index (χ3v) is 9.18. The molecule has 4 aliphatic heterocycles. The van der Waals surface area contributed by atoms with Crippen molar-refractivity contribution in [2.24, 2.45) is 11.8 Å². The summed E-state index contributed by atoms with van der Waals surface area (Å²) < 4.78 is 18.1. The summed E-state index contributed by atoms with van der Waals surface area (Å²) in [7, 11) is 1.51. The molecule has 2 fully saturated rings. The first-order chi connectivity index (χ1) is 21.3. The van der Waals surface area contributed by atoms with Gasteiger partial charge in [0.15, 0.2) is 0 Å². The predicted octanol–water partition coefficient (Wildman–Crippen LogP) is 1.91. The minimum absolute atomic E-state index is 0.0719. The lowest BCUT2D eigenvalue weighted by Gasteiger charge is -2.38. The van der Waals surface area contributed by atoms with E-state index in [1.807, 2.05) is 44.2 Å². The molecule has 2 N–H and O–H groups in total. The number of amides is 3. The summed E-state index contributed by atoms with van der Waals surface area (Å²) in [6.45, 7) is 3.95. The Hall–Kier alpha value is -3.54. The molecule has 238 valence electrons. The van der Waals surface area contributed by atoms with Gasteiger partial charge in [0.1, 0.15) is 23.7 Å². The number of esters is 1. The molecule has 1 aromatic carbocycles. The summed E-state index contributed by atoms with van der Waals surface area (Å²) in [5.74, 6) is -3.65. The van der Waals surface area contributed by atoms with Crippen LogP contribution in [0.1, 0.15) is 51.2 Å². The first kappa shape index (κ1) is 31.9. The van der Waals surface area contributed by atoms with E-state index >= 15 is 0 Å². The van der Waals surface area contributed by atoms with Gasteiger partial charge in [-0.2, -0.15) is 0 Å². The van der Waals surface area contributed by atoms with E-state index in [0.717, 1.165) is 12.8 Å². The lowest BCUT2D eigenvalue weighted by atomic mass is 9.74. The topological polar surface area (TPSA) is 135 Å². The average Bonchev–Trinajstić information content (AvgIpc) is 3.65. The van der Waals surface area contributed by atoms with Gasteiger partial charge in [-0.05, 0) is 25.3 Å². The first-order valence-electron chi connectivity index (χ1n) is 15.5. The summed E-state index contributed by atoms with van der Waals surface area (Å²) in [6.07, 6.45) is 7.77. The van der Waals surface area contributed by atoms with Gasteiger partial charge in [-0.1, -0.05) is 68.0 Å². The molecule has 11 nitrogen and oxygen atoms in total. The lowest BCUT2D eigenvalue weighted by Crippen LogP contribution is -2.57. The van der Waals surface area contributed by atoms with E-state index in [4.69, 9.17) is 14.2 Å². The second kappa shape index (κ2) is 13.6. The third-order valence-electron chi connectivity index (χ3n) is 9.18. The molecule has 1 spiro atoms. The molecule has 8 atom stereocenters. The van der Waals surface area contributed by atoms with E-state index in [-0.39, 0.29) is 50.6 Å². The van der Waals surface area contributed by atoms with E-state index < -0.39 is 53.6 Å². The molecule has 1 aromatic rings. The number of carbonyl (C=O) groups excluding carboxylic acids is 4. The largest absolute Gasteiger partial charge is 0.455 e. The number of ether oxygens (including phenoxy) is 3. The SMILES string of the molecule is CCCC(C)N1C/C=C\CCC(=O)N[C@@H](COC)[C@H](c2ccccc2)OC(=O)[C@@H]2[C@H]3C(=O)N(CCO)[C@H](C1=O)[C@]31C=C[C@H]2O1. The second-order valence-corrected chi connectivity index (χ2v) is 12.0. The number of carbonyl (C=O) groups is 4. The van der Waals surface area contributed by atoms with Crippen molar-refractivity contribution in [2.75, 3.05) is 33.4 Å². The van der Waals surface area contributed by atoms with Crippen LogP contribution in [-0.2, 0) is 33.4 Å². The van der Waals surface area contributed by atoms with Crippen LogP contribution in [0.15, 0.2) is 54.6 Å². The summed E-state index contributed by atoms with van der Waals surface area (Å²) in [4.78, 5) is 58.9. The molecule has 4 heterocycles. The molecular formula is C33H43N3O8. The average molecular weight is 610 g/mol. The molecular weight excluding hydrogens is 566 g/mol. The molecule has 0 saturated carbocycles. The Morgan fingerprint density at radius 3 is 2.61 bits per heavy atom. The molecule has 0 aliphatic carbocycles. The molecule has 4 aliphatic rings. The van der Waals surface area contributed by atoms with Crippen molar-refractivity contribution in [1.29, 1.82) is 0 Å². The standard InChI is InChI=1S/C33H43N3O8/c1-4-11-21(2)35-17-10-6-9-14-25(38)34-23(20-42-3)28(22-12-7-5-8-13-22)43-32(41)26-24-15-16-33(44-24)27(26)30(39)36(18-19-37)29(33)31(35)40/h5-8,10,12-13,15-16,21,23-24,26-29,37H,4,9,11,14,17-20H2,1-3H3,(H,34,38)/b10-6-/t21?,23-,24+,26-,27-,28-,29+,33-/m0/s1. The summed E-state index contributed by atoms with van der Waals surface area (Å²) in [5, 5.41) is 12.9. The number of nitrogens with one attached hydrogen (secondary N) is 1. The smallest absolute Gasteiger partial charge is 0.313 e. The quantitative estimate of drug-likeness (QED) is 0.337. The second-order valence-electron chi connectivity index (χ2n) is 12.0. The maximum atomic E-state index is 14.5. The van der Waals surface area contributed by atoms with Crippen LogP contribution in [0, 0.1) is 11.8 Å². The zero-order valence-corrected chi connectivity index (χ0v) is 25.6. The van der Waals surface area contributed by atoms with Crippen molar-refractivity contribution in [1.82, 2.24) is 15.1 Å². The van der Waals surface area contributed by atoms with Crippen molar-refractivity contribution >= 4 is 23.7 Å². The van der Waals surface area contributed by atoms with Gasteiger partial charge in [0.25, 0.3) is 0 Å². The maximum absolute atomic E-state index is 14.5. The molecule has 1 unspecified atom stereocenters. The van der Waals surface area contributed by atoms with Crippen molar-refractivity contribution in [3.63, 3.8) is 0 Å². The molecule has 5 rings (SSSR count). The molecule has 2 saturated heterocycles. The van der Waals surface area contributed by atoms with Crippen LogP contribution < -0.4 is 5.32 Å². The fraction of sp³-hybridized carbons (Fsp3) is 0.576. The highest BCUT2D eigenvalue weighted by Gasteiger charge is 2.73. The Morgan fingerprint density at radius 1 is 1.14 bits per heavy atom. The van der Waals surface area contributed by atoms with Crippen molar-refractivity contribution in [3.05, 3.63) is 60.2 Å². The van der Waals surface area contributed by atoms with Crippen molar-refractivity contribution in [3.8, 4) is 0 Å². The number of aliphatic hydroxyl groups excluding tert-OH is 1. The van der Waals surface area contributed by atoms with Crippen LogP contribution in [-0.4, -0.2) is 102 Å². The Kier molecular flexibility index (Phi) is 9.87. The number of likely N-dealkylation sites (tertiary alicyclic amines) is 1. The van der Waals surface area contributed by atoms with E-state index in [1.54, 1.807) is 29.2 Å². The number of rotatable bonds is 8. The highest BCUT2D eigenvalue weighted by atomic mass is 16.6. The number of fused-ring (bicyclic) bond motifs is 2. The lowest BCUT2D eigenvalue weighted by molar-refractivity contribution is -0.162. The van der Waals surface area contributed by atoms with Gasteiger partial charge in [0.05, 0.1) is 31.3 Å². The van der Waals surface area contributed by atoms with Gasteiger partial charge in [0.2, 0.25) is 17.7 Å². The number of hydrogen-bond donors (Lipinski definition) is 2. The van der Waals surface area contributed by atoms with Gasteiger partial charge in [0, 0.05) is 32.7 Å². The molecule has 5 bridgehead atoms. The Labute approximate surface area is 258 Å². The van der Waals surface area contributed by atoms with Gasteiger partial charge < -0.3 is 34.4 Å². The molecule has 0 aromatic heterocycles. The summed E-state index contributed by atoms with van der Waals surface area (Å²) >= 11 is 0. The number of allylic oxidation sites excluding steroid dienone is 1. The number of β-amino-alcohol motifs (C(OH)–C–C–N with tert-alkyl or cyclic N) is 1. The zero-order valence-electron chi connectivity index (χ0n) is 25.6. The highest BCUT2D eigenvalue weighted by Crippen LogP contribution is 2.56. The van der Waals surface area contributed by atoms with Gasteiger partial charge >= 0.3 is 5.97 Å². The Morgan fingerprint density at radius 2 is 1.91 bits per heavy atom. The van der Waals surface area contributed by atoms with Crippen molar-refractivity contribution < 1.29 is 38.5 Å². The molecule has 3 amide bonds. The first-order valence-corrected chi connectivity index (χ1v) is 15.5. The number of aliphatic hydroxyl groups is 1. The fourth-order valence-corrected chi connectivity index (χ4v) is 7.20. The summed E-state index contributed by atoms with van der Waals surface area (Å²) in [5.41, 5.74) is -0.717. The number of methoxy groups -OCH3 is 1. The molecule has 11 heteroatoms. The van der Waals surface area contributed by atoms with Crippen molar-refractivity contribution in [2.45, 2.75) is 75.5 Å².